The molecule has 1 unspecified atom stereocenters. The van der Waals surface area contributed by atoms with Gasteiger partial charge in [0.05, 0.1) is 18.2 Å². The summed E-state index contributed by atoms with van der Waals surface area (Å²) in [6.45, 7) is 6.58. The zero-order valence-corrected chi connectivity index (χ0v) is 16.4. The van der Waals surface area contributed by atoms with Crippen molar-refractivity contribution in [3.63, 3.8) is 0 Å². The summed E-state index contributed by atoms with van der Waals surface area (Å²) in [5.41, 5.74) is 3.12. The number of nitrogens with zero attached hydrogens (tertiary/aromatic N) is 5. The lowest BCUT2D eigenvalue weighted by Gasteiger charge is -2.37. The maximum Gasteiger partial charge on any atom is 0.177 e. The fourth-order valence-corrected chi connectivity index (χ4v) is 4.74. The SMILES string of the molecule is C=C(c1ncc(-c2ccc(-n3ccnc3)cc2O)nn1)[C@@H]1CC2CC[C@@](C)(C1)N2. The highest BCUT2D eigenvalue weighted by molar-refractivity contribution is 5.68. The van der Waals surface area contributed by atoms with E-state index in [9.17, 15) is 5.11 Å². The van der Waals surface area contributed by atoms with E-state index < -0.39 is 0 Å². The van der Waals surface area contributed by atoms with Gasteiger partial charge in [-0.1, -0.05) is 6.58 Å². The Bertz CT molecular complexity index is 1050. The van der Waals surface area contributed by atoms with E-state index in [4.69, 9.17) is 0 Å². The van der Waals surface area contributed by atoms with Crippen molar-refractivity contribution in [1.82, 2.24) is 30.0 Å². The Morgan fingerprint density at radius 1 is 1.34 bits per heavy atom. The number of benzene rings is 1. The maximum atomic E-state index is 10.5. The number of nitrogens with one attached hydrogen (secondary N) is 1. The first-order valence-electron chi connectivity index (χ1n) is 9.99. The molecule has 1 aromatic carbocycles. The lowest BCUT2D eigenvalue weighted by Crippen LogP contribution is -2.47. The molecule has 7 nitrogen and oxygen atoms in total. The normalized spacial score (nSPS) is 25.8. The summed E-state index contributed by atoms with van der Waals surface area (Å²) in [7, 11) is 0. The highest BCUT2D eigenvalue weighted by Gasteiger charge is 2.42. The summed E-state index contributed by atoms with van der Waals surface area (Å²) >= 11 is 0. The van der Waals surface area contributed by atoms with Crippen LogP contribution in [-0.4, -0.2) is 41.4 Å². The average Bonchev–Trinajstić information content (AvgIpc) is 3.35. The molecule has 4 heterocycles. The second-order valence-electron chi connectivity index (χ2n) is 8.44. The van der Waals surface area contributed by atoms with Crippen LogP contribution in [0.15, 0.2) is 49.7 Å². The Kier molecular flexibility index (Phi) is 4.20. The number of imidazole rings is 1. The topological polar surface area (TPSA) is 88.8 Å². The molecule has 2 aliphatic rings. The number of aromatic nitrogens is 5. The van der Waals surface area contributed by atoms with E-state index in [0.29, 0.717) is 29.0 Å². The molecule has 3 atom stereocenters. The van der Waals surface area contributed by atoms with Crippen molar-refractivity contribution in [2.45, 2.75) is 44.2 Å². The number of phenolic OH excluding ortho intramolecular Hbond substituents is 1. The van der Waals surface area contributed by atoms with Crippen LogP contribution in [0.2, 0.25) is 0 Å². The van der Waals surface area contributed by atoms with Crippen LogP contribution in [-0.2, 0) is 0 Å². The molecule has 7 heteroatoms. The first-order chi connectivity index (χ1) is 14.0. The molecule has 2 saturated heterocycles. The number of rotatable bonds is 4. The van der Waals surface area contributed by atoms with E-state index in [1.807, 2.05) is 22.9 Å². The molecule has 0 amide bonds. The molecule has 0 spiro atoms. The molecule has 2 aliphatic heterocycles. The minimum Gasteiger partial charge on any atom is -0.507 e. The van der Waals surface area contributed by atoms with Gasteiger partial charge in [-0.3, -0.25) is 0 Å². The van der Waals surface area contributed by atoms with Gasteiger partial charge in [-0.25, -0.2) is 9.97 Å². The van der Waals surface area contributed by atoms with Crippen LogP contribution in [0.5, 0.6) is 5.75 Å². The predicted octanol–water partition coefficient (Wildman–Crippen LogP) is 3.36. The minimum absolute atomic E-state index is 0.127. The number of hydrogen-bond donors (Lipinski definition) is 2. The summed E-state index contributed by atoms with van der Waals surface area (Å²) in [4.78, 5) is 8.54. The van der Waals surface area contributed by atoms with Crippen LogP contribution in [0.3, 0.4) is 0 Å². The second-order valence-corrected chi connectivity index (χ2v) is 8.44. The van der Waals surface area contributed by atoms with Crippen molar-refractivity contribution in [1.29, 1.82) is 0 Å². The van der Waals surface area contributed by atoms with Crippen molar-refractivity contribution in [2.75, 3.05) is 0 Å². The number of allylic oxidation sites excluding steroid dienone is 1. The van der Waals surface area contributed by atoms with Crippen LogP contribution >= 0.6 is 0 Å². The van der Waals surface area contributed by atoms with Gasteiger partial charge in [0.25, 0.3) is 0 Å². The molecule has 29 heavy (non-hydrogen) atoms. The maximum absolute atomic E-state index is 10.5. The highest BCUT2D eigenvalue weighted by Crippen LogP contribution is 2.42. The standard InChI is InChI=1S/C22H24N6O/c1-14(15-9-16-5-6-22(2,11-15)25-16)21-24-12-19(26-27-21)18-4-3-17(10-20(18)29)28-8-7-23-13-28/h3-4,7-8,10,12-13,15-16,25,29H,1,5-6,9,11H2,2H3/t15-,16?,22+/m1/s1. The van der Waals surface area contributed by atoms with E-state index in [-0.39, 0.29) is 11.3 Å². The third kappa shape index (κ3) is 3.31. The number of piperidine rings is 1. The summed E-state index contributed by atoms with van der Waals surface area (Å²) in [6, 6.07) is 5.96. The molecular weight excluding hydrogens is 364 g/mol. The van der Waals surface area contributed by atoms with Crippen molar-refractivity contribution in [3.05, 3.63) is 55.5 Å². The summed E-state index contributed by atoms with van der Waals surface area (Å²) in [5.74, 6) is 1.10. The molecule has 2 fully saturated rings. The van der Waals surface area contributed by atoms with Gasteiger partial charge in [0.2, 0.25) is 0 Å². The van der Waals surface area contributed by atoms with Crippen molar-refractivity contribution in [3.8, 4) is 22.7 Å². The minimum atomic E-state index is 0.127. The zero-order valence-electron chi connectivity index (χ0n) is 16.4. The van der Waals surface area contributed by atoms with E-state index in [0.717, 1.165) is 24.1 Å². The monoisotopic (exact) mass is 388 g/mol. The van der Waals surface area contributed by atoms with E-state index >= 15 is 0 Å². The Balaban J connectivity index is 1.36. The molecule has 0 aliphatic carbocycles. The smallest absolute Gasteiger partial charge is 0.177 e. The number of aromatic hydroxyl groups is 1. The van der Waals surface area contributed by atoms with Gasteiger partial charge in [0, 0.05) is 35.6 Å². The largest absolute Gasteiger partial charge is 0.507 e. The summed E-state index contributed by atoms with van der Waals surface area (Å²) < 4.78 is 1.83. The van der Waals surface area contributed by atoms with Gasteiger partial charge in [0.15, 0.2) is 5.82 Å². The van der Waals surface area contributed by atoms with Crippen LogP contribution in [0.25, 0.3) is 22.5 Å². The van der Waals surface area contributed by atoms with Gasteiger partial charge in [-0.2, -0.15) is 0 Å². The molecule has 2 bridgehead atoms. The lowest BCUT2D eigenvalue weighted by atomic mass is 9.80. The Morgan fingerprint density at radius 3 is 2.93 bits per heavy atom. The highest BCUT2D eigenvalue weighted by atomic mass is 16.3. The zero-order chi connectivity index (χ0) is 20.0. The van der Waals surface area contributed by atoms with Gasteiger partial charge < -0.3 is 15.0 Å². The molecule has 0 saturated carbocycles. The van der Waals surface area contributed by atoms with Crippen molar-refractivity contribution >= 4 is 5.57 Å². The second kappa shape index (κ2) is 6.77. The summed E-state index contributed by atoms with van der Waals surface area (Å²) in [6.07, 6.45) is 11.4. The van der Waals surface area contributed by atoms with Crippen molar-refractivity contribution in [2.24, 2.45) is 5.92 Å². The van der Waals surface area contributed by atoms with Crippen LogP contribution < -0.4 is 5.32 Å². The summed E-state index contributed by atoms with van der Waals surface area (Å²) in [5, 5.41) is 22.8. The Hall–Kier alpha value is -3.06. The fourth-order valence-electron chi connectivity index (χ4n) is 4.74. The predicted molar refractivity (Wildman–Crippen MR) is 110 cm³/mol. The molecule has 2 N–H and O–H groups in total. The Labute approximate surface area is 169 Å². The molecular formula is C22H24N6O. The third-order valence-electron chi connectivity index (χ3n) is 6.26. The average molecular weight is 388 g/mol. The van der Waals surface area contributed by atoms with Gasteiger partial charge in [-0.15, -0.1) is 10.2 Å². The lowest BCUT2D eigenvalue weighted by molar-refractivity contribution is 0.261. The van der Waals surface area contributed by atoms with Crippen LogP contribution in [0.1, 0.15) is 38.4 Å². The van der Waals surface area contributed by atoms with E-state index in [2.05, 4.69) is 39.0 Å². The number of phenols is 1. The molecule has 2 aromatic heterocycles. The number of fused-ring (bicyclic) bond motifs is 2. The van der Waals surface area contributed by atoms with Gasteiger partial charge >= 0.3 is 0 Å². The van der Waals surface area contributed by atoms with Gasteiger partial charge in [-0.05, 0) is 56.2 Å². The first kappa shape index (κ1) is 18.0. The Morgan fingerprint density at radius 2 is 2.24 bits per heavy atom. The van der Waals surface area contributed by atoms with Gasteiger partial charge in [0.1, 0.15) is 11.4 Å². The molecule has 5 rings (SSSR count). The van der Waals surface area contributed by atoms with Crippen LogP contribution in [0.4, 0.5) is 0 Å². The molecule has 148 valence electrons. The quantitative estimate of drug-likeness (QED) is 0.712. The number of hydrogen-bond acceptors (Lipinski definition) is 6. The van der Waals surface area contributed by atoms with E-state index in [1.165, 1.54) is 12.8 Å². The molecule has 3 aromatic rings. The van der Waals surface area contributed by atoms with Crippen LogP contribution in [0, 0.1) is 5.92 Å². The van der Waals surface area contributed by atoms with Crippen molar-refractivity contribution < 1.29 is 5.11 Å². The molecule has 0 radical (unpaired) electrons. The fraction of sp³-hybridized carbons (Fsp3) is 0.364. The van der Waals surface area contributed by atoms with E-state index in [1.54, 1.807) is 24.8 Å². The third-order valence-corrected chi connectivity index (χ3v) is 6.26. The first-order valence-corrected chi connectivity index (χ1v) is 9.99.